The van der Waals surface area contributed by atoms with Crippen molar-refractivity contribution in [2.75, 3.05) is 17.3 Å². The fourth-order valence-corrected chi connectivity index (χ4v) is 2.59. The van der Waals surface area contributed by atoms with Gasteiger partial charge in [-0.3, -0.25) is 5.43 Å². The van der Waals surface area contributed by atoms with E-state index in [2.05, 4.69) is 43.6 Å². The Labute approximate surface area is 110 Å². The van der Waals surface area contributed by atoms with Gasteiger partial charge in [0.1, 0.15) is 5.82 Å². The van der Waals surface area contributed by atoms with Gasteiger partial charge in [-0.1, -0.05) is 19.8 Å². The predicted octanol–water partition coefficient (Wildman–Crippen LogP) is 2.52. The van der Waals surface area contributed by atoms with E-state index in [1.54, 1.807) is 6.20 Å². The summed E-state index contributed by atoms with van der Waals surface area (Å²) < 4.78 is 0.859. The molecule has 0 bridgehead atoms. The third-order valence-corrected chi connectivity index (χ3v) is 3.95. The van der Waals surface area contributed by atoms with Gasteiger partial charge < -0.3 is 5.32 Å². The van der Waals surface area contributed by atoms with E-state index in [1.165, 1.54) is 25.7 Å². The lowest BCUT2D eigenvalue weighted by Crippen LogP contribution is -2.24. The summed E-state index contributed by atoms with van der Waals surface area (Å²) in [5.74, 6) is 6.51. The van der Waals surface area contributed by atoms with E-state index in [1.807, 2.05) is 0 Å². The number of nitrogens with one attached hydrogen (secondary N) is 2. The zero-order valence-corrected chi connectivity index (χ0v) is 11.5. The minimum Gasteiger partial charge on any atom is -0.368 e. The van der Waals surface area contributed by atoms with Crippen LogP contribution >= 0.6 is 15.9 Å². The Morgan fingerprint density at radius 1 is 1.47 bits per heavy atom. The van der Waals surface area contributed by atoms with Gasteiger partial charge in [0.25, 0.3) is 0 Å². The molecule has 1 heterocycles. The fourth-order valence-electron chi connectivity index (χ4n) is 2.26. The Morgan fingerprint density at radius 2 is 2.18 bits per heavy atom. The summed E-state index contributed by atoms with van der Waals surface area (Å²) >= 11 is 3.43. The van der Waals surface area contributed by atoms with Crippen LogP contribution in [0.3, 0.4) is 0 Å². The second kappa shape index (κ2) is 5.18. The van der Waals surface area contributed by atoms with Crippen molar-refractivity contribution in [3.05, 3.63) is 10.7 Å². The van der Waals surface area contributed by atoms with Gasteiger partial charge in [0.05, 0.1) is 4.47 Å². The van der Waals surface area contributed by atoms with Crippen LogP contribution in [0.15, 0.2) is 10.7 Å². The SMILES string of the molecule is CC1(CNc2nc(NN)ncc2Br)CCCC1. The van der Waals surface area contributed by atoms with Crippen LogP contribution in [0.4, 0.5) is 11.8 Å². The molecule has 0 unspecified atom stereocenters. The molecule has 0 amide bonds. The topological polar surface area (TPSA) is 75.9 Å². The van der Waals surface area contributed by atoms with Crippen molar-refractivity contribution in [1.82, 2.24) is 9.97 Å². The number of hydrogen-bond acceptors (Lipinski definition) is 5. The number of hydrogen-bond donors (Lipinski definition) is 3. The maximum atomic E-state index is 5.29. The summed E-state index contributed by atoms with van der Waals surface area (Å²) in [6, 6.07) is 0. The average Bonchev–Trinajstić information content (AvgIpc) is 2.76. The van der Waals surface area contributed by atoms with Crippen molar-refractivity contribution in [3.8, 4) is 0 Å². The van der Waals surface area contributed by atoms with Gasteiger partial charge in [-0.15, -0.1) is 0 Å². The Bertz CT molecular complexity index is 389. The predicted molar refractivity (Wildman–Crippen MR) is 72.6 cm³/mol. The summed E-state index contributed by atoms with van der Waals surface area (Å²) in [6.45, 7) is 3.26. The standard InChI is InChI=1S/C11H18BrN5/c1-11(4-2-3-5-11)7-15-9-8(12)6-14-10(16-9)17-13/h6H,2-5,7,13H2,1H3,(H2,14,15,16,17). The van der Waals surface area contributed by atoms with Gasteiger partial charge in [0.2, 0.25) is 5.95 Å². The van der Waals surface area contributed by atoms with Crippen molar-refractivity contribution in [2.45, 2.75) is 32.6 Å². The van der Waals surface area contributed by atoms with Crippen LogP contribution in [0.25, 0.3) is 0 Å². The highest BCUT2D eigenvalue weighted by atomic mass is 79.9. The molecule has 1 aromatic rings. The Morgan fingerprint density at radius 3 is 2.82 bits per heavy atom. The molecular weight excluding hydrogens is 282 g/mol. The number of nitrogens with two attached hydrogens (primary N) is 1. The molecule has 0 spiro atoms. The van der Waals surface area contributed by atoms with E-state index >= 15 is 0 Å². The first-order valence-electron chi connectivity index (χ1n) is 5.86. The van der Waals surface area contributed by atoms with E-state index in [0.29, 0.717) is 11.4 Å². The van der Waals surface area contributed by atoms with Gasteiger partial charge in [0, 0.05) is 12.7 Å². The Kier molecular flexibility index (Phi) is 3.83. The zero-order chi connectivity index (χ0) is 12.3. The number of anilines is 2. The smallest absolute Gasteiger partial charge is 0.239 e. The average molecular weight is 300 g/mol. The highest BCUT2D eigenvalue weighted by Gasteiger charge is 2.28. The van der Waals surface area contributed by atoms with Crippen molar-refractivity contribution in [3.63, 3.8) is 0 Å². The third kappa shape index (κ3) is 3.07. The molecule has 6 heteroatoms. The van der Waals surface area contributed by atoms with Gasteiger partial charge >= 0.3 is 0 Å². The first-order valence-corrected chi connectivity index (χ1v) is 6.65. The molecule has 4 N–H and O–H groups in total. The minimum atomic E-state index is 0.390. The lowest BCUT2D eigenvalue weighted by atomic mass is 9.89. The summed E-state index contributed by atoms with van der Waals surface area (Å²) in [5.41, 5.74) is 2.84. The number of halogens is 1. The summed E-state index contributed by atoms with van der Waals surface area (Å²) in [6.07, 6.45) is 6.92. The lowest BCUT2D eigenvalue weighted by molar-refractivity contribution is 0.361. The van der Waals surface area contributed by atoms with Gasteiger partial charge in [-0.25, -0.2) is 10.8 Å². The molecule has 1 aromatic heterocycles. The molecule has 0 aliphatic heterocycles. The minimum absolute atomic E-state index is 0.390. The number of nitrogen functional groups attached to an aromatic ring is 1. The van der Waals surface area contributed by atoms with Crippen LogP contribution in [0, 0.1) is 5.41 Å². The summed E-state index contributed by atoms with van der Waals surface area (Å²) in [7, 11) is 0. The monoisotopic (exact) mass is 299 g/mol. The summed E-state index contributed by atoms with van der Waals surface area (Å²) in [4.78, 5) is 8.30. The van der Waals surface area contributed by atoms with E-state index in [-0.39, 0.29) is 0 Å². The Hall–Kier alpha value is -0.880. The van der Waals surface area contributed by atoms with Crippen molar-refractivity contribution >= 4 is 27.7 Å². The lowest BCUT2D eigenvalue weighted by Gasteiger charge is -2.24. The van der Waals surface area contributed by atoms with Crippen LogP contribution in [0.5, 0.6) is 0 Å². The number of nitrogens with zero attached hydrogens (tertiary/aromatic N) is 2. The van der Waals surface area contributed by atoms with Crippen LogP contribution in [0.2, 0.25) is 0 Å². The molecule has 1 aliphatic rings. The molecule has 1 aliphatic carbocycles. The number of aromatic nitrogens is 2. The molecule has 17 heavy (non-hydrogen) atoms. The zero-order valence-electron chi connectivity index (χ0n) is 9.96. The quantitative estimate of drug-likeness (QED) is 0.588. The van der Waals surface area contributed by atoms with Crippen LogP contribution in [0.1, 0.15) is 32.6 Å². The summed E-state index contributed by atoms with van der Waals surface area (Å²) in [5, 5.41) is 3.38. The van der Waals surface area contributed by atoms with E-state index in [4.69, 9.17) is 5.84 Å². The van der Waals surface area contributed by atoms with Crippen LogP contribution < -0.4 is 16.6 Å². The molecule has 0 atom stereocenters. The first kappa shape index (κ1) is 12.6. The number of hydrazine groups is 1. The highest BCUT2D eigenvalue weighted by Crippen LogP contribution is 2.37. The fraction of sp³-hybridized carbons (Fsp3) is 0.636. The molecule has 0 saturated heterocycles. The largest absolute Gasteiger partial charge is 0.368 e. The van der Waals surface area contributed by atoms with Gasteiger partial charge in [-0.05, 0) is 34.2 Å². The second-order valence-electron chi connectivity index (χ2n) is 4.91. The molecule has 0 radical (unpaired) electrons. The second-order valence-corrected chi connectivity index (χ2v) is 5.76. The maximum Gasteiger partial charge on any atom is 0.239 e. The third-order valence-electron chi connectivity index (χ3n) is 3.37. The maximum absolute atomic E-state index is 5.29. The molecule has 1 fully saturated rings. The normalized spacial score (nSPS) is 18.1. The van der Waals surface area contributed by atoms with Crippen molar-refractivity contribution in [1.29, 1.82) is 0 Å². The molecule has 2 rings (SSSR count). The van der Waals surface area contributed by atoms with Crippen molar-refractivity contribution in [2.24, 2.45) is 11.3 Å². The van der Waals surface area contributed by atoms with Crippen LogP contribution in [-0.2, 0) is 0 Å². The van der Waals surface area contributed by atoms with E-state index in [9.17, 15) is 0 Å². The number of rotatable bonds is 4. The molecule has 5 nitrogen and oxygen atoms in total. The van der Waals surface area contributed by atoms with E-state index < -0.39 is 0 Å². The van der Waals surface area contributed by atoms with Crippen molar-refractivity contribution < 1.29 is 0 Å². The van der Waals surface area contributed by atoms with Gasteiger partial charge in [-0.2, -0.15) is 4.98 Å². The Balaban J connectivity index is 2.02. The molecular formula is C11H18BrN5. The molecule has 1 saturated carbocycles. The molecule has 94 valence electrons. The first-order chi connectivity index (χ1) is 8.13. The highest BCUT2D eigenvalue weighted by molar-refractivity contribution is 9.10. The van der Waals surface area contributed by atoms with Crippen LogP contribution in [-0.4, -0.2) is 16.5 Å². The van der Waals surface area contributed by atoms with E-state index in [0.717, 1.165) is 16.8 Å². The van der Waals surface area contributed by atoms with Gasteiger partial charge in [0.15, 0.2) is 0 Å². The molecule has 0 aromatic carbocycles.